The summed E-state index contributed by atoms with van der Waals surface area (Å²) in [5.41, 5.74) is 7.10. The zero-order valence-electron chi connectivity index (χ0n) is 6.05. The van der Waals surface area contributed by atoms with Crippen LogP contribution in [0.1, 0.15) is 19.8 Å². The third-order valence-corrected chi connectivity index (χ3v) is 1.54. The molecule has 1 aliphatic carbocycles. The van der Waals surface area contributed by atoms with Gasteiger partial charge in [0.05, 0.1) is 0 Å². The van der Waals surface area contributed by atoms with Gasteiger partial charge in [-0.15, -0.1) is 0 Å². The van der Waals surface area contributed by atoms with Crippen molar-refractivity contribution in [2.75, 3.05) is 0 Å². The van der Waals surface area contributed by atoms with Gasteiger partial charge in [0.2, 0.25) is 0 Å². The fourth-order valence-corrected chi connectivity index (χ4v) is 0.971. The van der Waals surface area contributed by atoms with E-state index in [9.17, 15) is 4.79 Å². The van der Waals surface area contributed by atoms with Crippen molar-refractivity contribution in [3.8, 4) is 0 Å². The topological polar surface area (TPSA) is 43.1 Å². The number of hydrogen-bond donors (Lipinski definition) is 1. The summed E-state index contributed by atoms with van der Waals surface area (Å²) in [6.07, 6.45) is 5.47. The molecule has 0 amide bonds. The number of allylic oxidation sites excluding steroid dienone is 4. The molecule has 0 atom stereocenters. The molecule has 0 saturated carbocycles. The molecule has 54 valence electrons. The van der Waals surface area contributed by atoms with E-state index in [2.05, 4.69) is 0 Å². The molecule has 0 unspecified atom stereocenters. The highest BCUT2D eigenvalue weighted by molar-refractivity contribution is 5.96. The van der Waals surface area contributed by atoms with Crippen molar-refractivity contribution in [2.24, 2.45) is 5.73 Å². The van der Waals surface area contributed by atoms with Crippen LogP contribution in [0.15, 0.2) is 23.4 Å². The van der Waals surface area contributed by atoms with Crippen LogP contribution in [0.4, 0.5) is 0 Å². The van der Waals surface area contributed by atoms with Gasteiger partial charge in [-0.05, 0) is 25.8 Å². The first-order valence-corrected chi connectivity index (χ1v) is 3.37. The first-order valence-electron chi connectivity index (χ1n) is 3.37. The summed E-state index contributed by atoms with van der Waals surface area (Å²) in [5, 5.41) is 0. The molecule has 0 radical (unpaired) electrons. The van der Waals surface area contributed by atoms with Gasteiger partial charge in [-0.3, -0.25) is 4.79 Å². The van der Waals surface area contributed by atoms with Crippen molar-refractivity contribution >= 4 is 5.78 Å². The number of ketones is 1. The van der Waals surface area contributed by atoms with Crippen molar-refractivity contribution in [1.82, 2.24) is 0 Å². The second-order valence-electron chi connectivity index (χ2n) is 2.47. The number of Topliss-reactive ketones (excluding diaryl/α,β-unsaturated/α-hetero) is 1. The number of hydrogen-bond acceptors (Lipinski definition) is 2. The molecular formula is C8H11NO. The Labute approximate surface area is 60.4 Å². The lowest BCUT2D eigenvalue weighted by Gasteiger charge is -2.06. The molecular weight excluding hydrogens is 126 g/mol. The molecule has 0 aliphatic heterocycles. The predicted octanol–water partition coefficient (Wildman–Crippen LogP) is 1.14. The highest BCUT2D eigenvalue weighted by atomic mass is 16.1. The summed E-state index contributed by atoms with van der Waals surface area (Å²) in [7, 11) is 0. The molecule has 0 fully saturated rings. The van der Waals surface area contributed by atoms with Crippen LogP contribution in [0.5, 0.6) is 0 Å². The first kappa shape index (κ1) is 7.06. The van der Waals surface area contributed by atoms with Crippen molar-refractivity contribution in [3.63, 3.8) is 0 Å². The summed E-state index contributed by atoms with van der Waals surface area (Å²) in [6, 6.07) is 0. The van der Waals surface area contributed by atoms with E-state index in [1.54, 1.807) is 13.0 Å². The second-order valence-corrected chi connectivity index (χ2v) is 2.47. The highest BCUT2D eigenvalue weighted by Gasteiger charge is 2.04. The molecule has 2 heteroatoms. The maximum Gasteiger partial charge on any atom is 0.159 e. The zero-order valence-corrected chi connectivity index (χ0v) is 6.05. The molecule has 2 nitrogen and oxygen atoms in total. The van der Waals surface area contributed by atoms with E-state index in [-0.39, 0.29) is 5.78 Å². The number of carbonyl (C=O) groups is 1. The van der Waals surface area contributed by atoms with E-state index < -0.39 is 0 Å². The Morgan fingerprint density at radius 1 is 1.70 bits per heavy atom. The minimum absolute atomic E-state index is 0.0997. The molecule has 1 aliphatic rings. The minimum Gasteiger partial charge on any atom is -0.402 e. The molecule has 0 spiro atoms. The molecule has 2 N–H and O–H groups in total. The van der Waals surface area contributed by atoms with Crippen LogP contribution in [0.25, 0.3) is 0 Å². The number of rotatable bonds is 1. The van der Waals surface area contributed by atoms with Gasteiger partial charge in [0.15, 0.2) is 5.78 Å². The third kappa shape index (κ3) is 1.47. The van der Waals surface area contributed by atoms with Crippen LogP contribution in [0.3, 0.4) is 0 Å². The van der Waals surface area contributed by atoms with E-state index in [0.29, 0.717) is 0 Å². The van der Waals surface area contributed by atoms with Crippen molar-refractivity contribution in [3.05, 3.63) is 23.4 Å². The van der Waals surface area contributed by atoms with E-state index >= 15 is 0 Å². The third-order valence-electron chi connectivity index (χ3n) is 1.54. The van der Waals surface area contributed by atoms with Crippen molar-refractivity contribution in [1.29, 1.82) is 0 Å². The average molecular weight is 137 g/mol. The van der Waals surface area contributed by atoms with Gasteiger partial charge >= 0.3 is 0 Å². The number of carbonyl (C=O) groups excluding carboxylic acids is 1. The molecule has 10 heavy (non-hydrogen) atoms. The normalized spacial score (nSPS) is 17.7. The van der Waals surface area contributed by atoms with E-state index in [1.807, 2.05) is 6.08 Å². The monoisotopic (exact) mass is 137 g/mol. The lowest BCUT2D eigenvalue weighted by molar-refractivity contribution is -0.113. The van der Waals surface area contributed by atoms with Crippen molar-refractivity contribution < 1.29 is 4.79 Å². The van der Waals surface area contributed by atoms with Gasteiger partial charge in [0.1, 0.15) is 0 Å². The van der Waals surface area contributed by atoms with Crippen LogP contribution >= 0.6 is 0 Å². The number of nitrogens with two attached hydrogens (primary N) is 1. The molecule has 0 aromatic carbocycles. The van der Waals surface area contributed by atoms with E-state index in [1.165, 1.54) is 0 Å². The standard InChI is InChI=1S/C8H11NO/c1-6(10)7-3-2-4-8(9)5-7/h3,5H,2,4,9H2,1H3. The average Bonchev–Trinajstić information content (AvgIpc) is 1.88. The molecule has 1 rings (SSSR count). The van der Waals surface area contributed by atoms with Gasteiger partial charge < -0.3 is 5.73 Å². The second kappa shape index (κ2) is 2.69. The van der Waals surface area contributed by atoms with Crippen LogP contribution in [-0.4, -0.2) is 5.78 Å². The lowest BCUT2D eigenvalue weighted by Crippen LogP contribution is -2.05. The summed E-state index contributed by atoms with van der Waals surface area (Å²) in [6.45, 7) is 1.56. The Balaban J connectivity index is 2.79. The Bertz CT molecular complexity index is 213. The molecule has 0 aromatic heterocycles. The van der Waals surface area contributed by atoms with E-state index in [0.717, 1.165) is 24.1 Å². The fourth-order valence-electron chi connectivity index (χ4n) is 0.971. The fraction of sp³-hybridized carbons (Fsp3) is 0.375. The molecule has 0 bridgehead atoms. The first-order chi connectivity index (χ1) is 4.70. The smallest absolute Gasteiger partial charge is 0.159 e. The quantitative estimate of drug-likeness (QED) is 0.589. The predicted molar refractivity (Wildman–Crippen MR) is 40.3 cm³/mol. The summed E-state index contributed by atoms with van der Waals surface area (Å²) >= 11 is 0. The van der Waals surface area contributed by atoms with Crippen LogP contribution < -0.4 is 5.73 Å². The van der Waals surface area contributed by atoms with Gasteiger partial charge in [-0.2, -0.15) is 0 Å². The summed E-state index contributed by atoms with van der Waals surface area (Å²) < 4.78 is 0. The van der Waals surface area contributed by atoms with Crippen LogP contribution in [0, 0.1) is 0 Å². The van der Waals surface area contributed by atoms with Crippen LogP contribution in [-0.2, 0) is 4.79 Å². The Hall–Kier alpha value is -1.05. The molecule has 0 heterocycles. The lowest BCUT2D eigenvalue weighted by atomic mass is 10.0. The van der Waals surface area contributed by atoms with Crippen molar-refractivity contribution in [2.45, 2.75) is 19.8 Å². The molecule has 0 saturated heterocycles. The highest BCUT2D eigenvalue weighted by Crippen LogP contribution is 2.13. The van der Waals surface area contributed by atoms with Gasteiger partial charge in [0, 0.05) is 11.3 Å². The van der Waals surface area contributed by atoms with Gasteiger partial charge in [-0.25, -0.2) is 0 Å². The van der Waals surface area contributed by atoms with Crippen LogP contribution in [0.2, 0.25) is 0 Å². The SMILES string of the molecule is CC(=O)C1=CCCC(N)=C1. The van der Waals surface area contributed by atoms with Gasteiger partial charge in [0.25, 0.3) is 0 Å². The largest absolute Gasteiger partial charge is 0.402 e. The minimum atomic E-state index is 0.0997. The van der Waals surface area contributed by atoms with Gasteiger partial charge in [-0.1, -0.05) is 6.08 Å². The Kier molecular flexibility index (Phi) is 1.90. The Morgan fingerprint density at radius 3 is 2.80 bits per heavy atom. The van der Waals surface area contributed by atoms with E-state index in [4.69, 9.17) is 5.73 Å². The molecule has 0 aromatic rings. The Morgan fingerprint density at radius 2 is 2.40 bits per heavy atom. The maximum absolute atomic E-state index is 10.8. The zero-order chi connectivity index (χ0) is 7.56. The summed E-state index contributed by atoms with van der Waals surface area (Å²) in [4.78, 5) is 10.8. The maximum atomic E-state index is 10.8. The summed E-state index contributed by atoms with van der Waals surface area (Å²) in [5.74, 6) is 0.0997.